The van der Waals surface area contributed by atoms with Crippen molar-refractivity contribution in [1.82, 2.24) is 24.6 Å². The van der Waals surface area contributed by atoms with E-state index in [9.17, 15) is 4.39 Å². The summed E-state index contributed by atoms with van der Waals surface area (Å²) >= 11 is 0. The van der Waals surface area contributed by atoms with Crippen LogP contribution in [0.2, 0.25) is 0 Å². The zero-order valence-electron chi connectivity index (χ0n) is 13.8. The molecule has 0 radical (unpaired) electrons. The topological polar surface area (TPSA) is 68.0 Å². The minimum absolute atomic E-state index is 0. The van der Waals surface area contributed by atoms with E-state index < -0.39 is 5.67 Å². The van der Waals surface area contributed by atoms with E-state index in [1.165, 1.54) is 0 Å². The molecule has 0 saturated heterocycles. The third kappa shape index (κ3) is 2.56. The molecule has 3 aromatic heterocycles. The Balaban J connectivity index is 0.00000168. The Bertz CT molecular complexity index is 1020. The lowest BCUT2D eigenvalue weighted by Gasteiger charge is -2.09. The zero-order valence-corrected chi connectivity index (χ0v) is 13.8. The van der Waals surface area contributed by atoms with Crippen molar-refractivity contribution in [2.24, 2.45) is 0 Å². The Morgan fingerprint density at radius 1 is 1.32 bits per heavy atom. The van der Waals surface area contributed by atoms with Gasteiger partial charge in [0.25, 0.3) is 0 Å². The highest BCUT2D eigenvalue weighted by Crippen LogP contribution is 2.39. The van der Waals surface area contributed by atoms with E-state index in [-0.39, 0.29) is 7.97 Å². The second-order valence-corrected chi connectivity index (χ2v) is 6.78. The van der Waals surface area contributed by atoms with Crippen LogP contribution in [0, 0.1) is 6.92 Å². The number of aromatic nitrogens is 5. The molecular formula is C18H19FN6. The minimum atomic E-state index is -1.06. The smallest absolute Gasteiger partial charge is 0.223 e. The highest BCUT2D eigenvalue weighted by molar-refractivity contribution is 5.82. The summed E-state index contributed by atoms with van der Waals surface area (Å²) in [6.45, 7) is 2.23. The Hall–Kier alpha value is -2.83. The molecule has 0 amide bonds. The first kappa shape index (κ1) is 14.5. The lowest BCUT2D eigenvalue weighted by molar-refractivity contribution is 0.326. The number of allylic oxidation sites excluding steroid dienone is 1. The first-order valence-corrected chi connectivity index (χ1v) is 8.42. The quantitative estimate of drug-likeness (QED) is 0.792. The van der Waals surface area contributed by atoms with Crippen molar-refractivity contribution in [3.63, 3.8) is 0 Å². The van der Waals surface area contributed by atoms with Gasteiger partial charge in [-0.2, -0.15) is 5.10 Å². The monoisotopic (exact) mass is 338 g/mol. The molecule has 3 aromatic rings. The molecule has 0 aromatic carbocycles. The van der Waals surface area contributed by atoms with Crippen LogP contribution in [0.5, 0.6) is 0 Å². The zero-order chi connectivity index (χ0) is 17.0. The fraction of sp³-hybridized carbons (Fsp3) is 0.333. The molecular weight excluding hydrogens is 319 g/mol. The maximum atomic E-state index is 13.7. The van der Waals surface area contributed by atoms with Crippen LogP contribution in [0.25, 0.3) is 11.2 Å². The summed E-state index contributed by atoms with van der Waals surface area (Å²) in [6.07, 6.45) is 7.79. The molecule has 1 saturated carbocycles. The molecule has 1 N–H and O–H groups in total. The van der Waals surface area contributed by atoms with Crippen molar-refractivity contribution >= 4 is 17.2 Å². The summed E-state index contributed by atoms with van der Waals surface area (Å²) in [5.41, 5.74) is 4.53. The van der Waals surface area contributed by atoms with E-state index in [4.69, 9.17) is 0 Å². The van der Waals surface area contributed by atoms with Gasteiger partial charge in [0.05, 0.1) is 29.8 Å². The molecule has 0 unspecified atom stereocenters. The van der Waals surface area contributed by atoms with Gasteiger partial charge in [0.1, 0.15) is 5.67 Å². The van der Waals surface area contributed by atoms with Gasteiger partial charge in [-0.25, -0.2) is 23.9 Å². The summed E-state index contributed by atoms with van der Waals surface area (Å²) in [6, 6.07) is 3.93. The van der Waals surface area contributed by atoms with Crippen LogP contribution < -0.4 is 5.32 Å². The van der Waals surface area contributed by atoms with Crippen LogP contribution in [0.15, 0.2) is 30.6 Å². The molecule has 5 rings (SSSR count). The maximum absolute atomic E-state index is 13.7. The number of nitrogens with zero attached hydrogens (tertiary/aromatic N) is 5. The molecule has 0 atom stereocenters. The summed E-state index contributed by atoms with van der Waals surface area (Å²) in [5, 5.41) is 7.65. The summed E-state index contributed by atoms with van der Waals surface area (Å²) in [7, 11) is 0. The van der Waals surface area contributed by atoms with E-state index in [2.05, 4.69) is 31.4 Å². The van der Waals surface area contributed by atoms with Gasteiger partial charge in [0.15, 0.2) is 5.65 Å². The molecule has 6 nitrogen and oxygen atoms in total. The van der Waals surface area contributed by atoms with Gasteiger partial charge in [-0.05, 0) is 31.9 Å². The average molecular weight is 338 g/mol. The predicted molar refractivity (Wildman–Crippen MR) is 94.2 cm³/mol. The third-order valence-corrected chi connectivity index (χ3v) is 4.73. The fourth-order valence-electron chi connectivity index (χ4n) is 3.13. The lowest BCUT2D eigenvalue weighted by Crippen LogP contribution is -2.18. The highest BCUT2D eigenvalue weighted by Gasteiger charge is 2.43. The van der Waals surface area contributed by atoms with Crippen LogP contribution in [-0.4, -0.2) is 36.8 Å². The van der Waals surface area contributed by atoms with Crippen LogP contribution in [0.4, 0.5) is 10.3 Å². The number of alkyl halides is 1. The van der Waals surface area contributed by atoms with Crippen molar-refractivity contribution in [2.45, 2.75) is 31.9 Å². The Morgan fingerprint density at radius 3 is 3.04 bits per heavy atom. The Morgan fingerprint density at radius 2 is 2.20 bits per heavy atom. The predicted octanol–water partition coefficient (Wildman–Crippen LogP) is 2.98. The number of nitrogens with one attached hydrogen (secondary N) is 1. The molecule has 2 aliphatic rings. The standard InChI is InChI=1S/C18H17FN6.H2/c1-11-9-25-16(22-11)5-4-15(24-25)12-2-3-14-13(12)8-20-17(23-14)21-10-18(19)6-7-18;/h2,4-5,8-9H,3,6-7,10H2,1H3,(H,20,21,23);1H. The van der Waals surface area contributed by atoms with Gasteiger partial charge in [-0.1, -0.05) is 6.08 Å². The van der Waals surface area contributed by atoms with Crippen LogP contribution in [0.3, 0.4) is 0 Å². The molecule has 7 heteroatoms. The average Bonchev–Trinajstić information content (AvgIpc) is 3.04. The van der Waals surface area contributed by atoms with Crippen molar-refractivity contribution in [3.8, 4) is 0 Å². The molecule has 25 heavy (non-hydrogen) atoms. The molecule has 1 fully saturated rings. The fourth-order valence-corrected chi connectivity index (χ4v) is 3.13. The van der Waals surface area contributed by atoms with Crippen molar-refractivity contribution in [1.29, 1.82) is 0 Å². The number of rotatable bonds is 4. The van der Waals surface area contributed by atoms with Gasteiger partial charge in [0, 0.05) is 25.2 Å². The summed E-state index contributed by atoms with van der Waals surface area (Å²) < 4.78 is 15.5. The summed E-state index contributed by atoms with van der Waals surface area (Å²) in [4.78, 5) is 13.3. The van der Waals surface area contributed by atoms with Crippen LogP contribution in [-0.2, 0) is 6.42 Å². The Kier molecular flexibility index (Phi) is 2.95. The molecule has 128 valence electrons. The van der Waals surface area contributed by atoms with Gasteiger partial charge in [0.2, 0.25) is 5.95 Å². The first-order valence-electron chi connectivity index (χ1n) is 8.42. The van der Waals surface area contributed by atoms with Crippen molar-refractivity contribution < 1.29 is 5.82 Å². The summed E-state index contributed by atoms with van der Waals surface area (Å²) in [5.74, 6) is 0.492. The second kappa shape index (κ2) is 5.08. The minimum Gasteiger partial charge on any atom is -0.351 e. The molecule has 0 spiro atoms. The molecule has 3 heterocycles. The van der Waals surface area contributed by atoms with Gasteiger partial charge in [-0.3, -0.25) is 0 Å². The van der Waals surface area contributed by atoms with Crippen LogP contribution in [0.1, 0.15) is 36.9 Å². The number of aryl methyl sites for hydroxylation is 1. The number of hydrogen-bond acceptors (Lipinski definition) is 5. The van der Waals surface area contributed by atoms with Gasteiger partial charge >= 0.3 is 0 Å². The van der Waals surface area contributed by atoms with Gasteiger partial charge < -0.3 is 5.32 Å². The lowest BCUT2D eigenvalue weighted by atomic mass is 10.1. The SMILES string of the molecule is Cc1cn2nc(C3=CCc4nc(NCC5(F)CC5)ncc43)ccc2n1.[HH]. The second-order valence-electron chi connectivity index (χ2n) is 6.78. The molecule has 0 bridgehead atoms. The van der Waals surface area contributed by atoms with E-state index in [1.807, 2.05) is 25.3 Å². The largest absolute Gasteiger partial charge is 0.351 e. The third-order valence-electron chi connectivity index (χ3n) is 4.73. The first-order chi connectivity index (χ1) is 12.1. The highest BCUT2D eigenvalue weighted by atomic mass is 19.1. The van der Waals surface area contributed by atoms with E-state index in [0.717, 1.165) is 40.3 Å². The van der Waals surface area contributed by atoms with E-state index >= 15 is 0 Å². The normalized spacial score (nSPS) is 17.4. The number of imidazole rings is 1. The number of fused-ring (bicyclic) bond motifs is 2. The number of anilines is 1. The van der Waals surface area contributed by atoms with Crippen molar-refractivity contribution in [3.05, 3.63) is 53.2 Å². The van der Waals surface area contributed by atoms with Gasteiger partial charge in [-0.15, -0.1) is 0 Å². The number of hydrogen-bond donors (Lipinski definition) is 1. The van der Waals surface area contributed by atoms with Crippen molar-refractivity contribution in [2.75, 3.05) is 11.9 Å². The molecule has 2 aliphatic carbocycles. The van der Waals surface area contributed by atoms with E-state index in [0.29, 0.717) is 18.8 Å². The maximum Gasteiger partial charge on any atom is 0.223 e. The number of halogens is 1. The Labute approximate surface area is 145 Å². The van der Waals surface area contributed by atoms with E-state index in [1.54, 1.807) is 10.7 Å². The van der Waals surface area contributed by atoms with Crippen LogP contribution >= 0.6 is 0 Å². The molecule has 0 aliphatic heterocycles.